The highest BCUT2D eigenvalue weighted by molar-refractivity contribution is 6.30. The van der Waals surface area contributed by atoms with E-state index < -0.39 is 11.9 Å². The Hall–Kier alpha value is -1.55. The fourth-order valence-corrected chi connectivity index (χ4v) is 3.51. The molecule has 0 saturated heterocycles. The number of nitrogens with one attached hydrogen (secondary N) is 1. The summed E-state index contributed by atoms with van der Waals surface area (Å²) in [5.74, 6) is -1.08. The van der Waals surface area contributed by atoms with Crippen molar-refractivity contribution >= 4 is 23.5 Å². The van der Waals surface area contributed by atoms with Gasteiger partial charge in [0.25, 0.3) is 0 Å². The van der Waals surface area contributed by atoms with E-state index in [4.69, 9.17) is 16.7 Å². The molecule has 2 fully saturated rings. The van der Waals surface area contributed by atoms with Crippen LogP contribution in [0.25, 0.3) is 0 Å². The van der Waals surface area contributed by atoms with E-state index in [0.717, 1.165) is 24.8 Å². The molecular weight excluding hydrogens is 290 g/mol. The maximum Gasteiger partial charge on any atom is 0.308 e. The first-order valence-corrected chi connectivity index (χ1v) is 7.72. The monoisotopic (exact) mass is 307 g/mol. The fourth-order valence-electron chi connectivity index (χ4n) is 3.31. The molecule has 2 N–H and O–H groups in total. The zero-order valence-corrected chi connectivity index (χ0v) is 12.3. The first kappa shape index (κ1) is 14.4. The number of carboxylic acids is 1. The molecule has 3 rings (SSSR count). The minimum atomic E-state index is -0.806. The highest BCUT2D eigenvalue weighted by Gasteiger charge is 2.45. The summed E-state index contributed by atoms with van der Waals surface area (Å²) in [6.45, 7) is 0. The molecule has 0 aromatic heterocycles. The predicted molar refractivity (Wildman–Crippen MR) is 79.2 cm³/mol. The van der Waals surface area contributed by atoms with Gasteiger partial charge in [0.2, 0.25) is 5.91 Å². The normalized spacial score (nSPS) is 30.9. The van der Waals surface area contributed by atoms with Crippen molar-refractivity contribution in [1.82, 2.24) is 5.32 Å². The number of carbonyl (C=O) groups excluding carboxylic acids is 1. The van der Waals surface area contributed by atoms with Crippen LogP contribution in [0, 0.1) is 11.8 Å². The van der Waals surface area contributed by atoms with Crippen LogP contribution in [0.15, 0.2) is 24.3 Å². The van der Waals surface area contributed by atoms with Crippen molar-refractivity contribution in [3.8, 4) is 0 Å². The number of benzene rings is 1. The minimum Gasteiger partial charge on any atom is -0.481 e. The average Bonchev–Trinajstić information content (AvgIpc) is 3.11. The van der Waals surface area contributed by atoms with Crippen molar-refractivity contribution in [1.29, 1.82) is 0 Å². The molecule has 0 aliphatic heterocycles. The molecule has 1 amide bonds. The quantitative estimate of drug-likeness (QED) is 0.899. The molecule has 1 aromatic carbocycles. The molecule has 0 unspecified atom stereocenters. The summed E-state index contributed by atoms with van der Waals surface area (Å²) >= 11 is 5.97. The molecule has 0 bridgehead atoms. The van der Waals surface area contributed by atoms with Crippen LogP contribution in [0.1, 0.15) is 37.2 Å². The van der Waals surface area contributed by atoms with Crippen LogP contribution in [0.2, 0.25) is 5.02 Å². The lowest BCUT2D eigenvalue weighted by Gasteiger charge is -2.17. The SMILES string of the molecule is O=C(O)[C@@H]1CCC[C@@H]1NC(=O)[C@@H]1C[C@@H]1c1cccc(Cl)c1. The molecule has 0 heterocycles. The topological polar surface area (TPSA) is 66.4 Å². The summed E-state index contributed by atoms with van der Waals surface area (Å²) in [4.78, 5) is 23.4. The average molecular weight is 308 g/mol. The van der Waals surface area contributed by atoms with Gasteiger partial charge in [-0.05, 0) is 42.9 Å². The molecule has 2 aliphatic rings. The molecule has 0 spiro atoms. The first-order valence-electron chi connectivity index (χ1n) is 7.35. The predicted octanol–water partition coefficient (Wildman–Crippen LogP) is 2.81. The number of amides is 1. The maximum atomic E-state index is 12.3. The first-order chi connectivity index (χ1) is 10.1. The van der Waals surface area contributed by atoms with Gasteiger partial charge >= 0.3 is 5.97 Å². The lowest BCUT2D eigenvalue weighted by Crippen LogP contribution is -2.41. The Morgan fingerprint density at radius 2 is 2.05 bits per heavy atom. The lowest BCUT2D eigenvalue weighted by atomic mass is 10.0. The number of carboxylic acid groups (broad SMARTS) is 1. The van der Waals surface area contributed by atoms with Crippen LogP contribution in [-0.2, 0) is 9.59 Å². The Kier molecular flexibility index (Phi) is 3.89. The van der Waals surface area contributed by atoms with Gasteiger partial charge < -0.3 is 10.4 Å². The number of hydrogen-bond donors (Lipinski definition) is 2. The largest absolute Gasteiger partial charge is 0.481 e. The van der Waals surface area contributed by atoms with Crippen LogP contribution < -0.4 is 5.32 Å². The Morgan fingerprint density at radius 3 is 2.76 bits per heavy atom. The number of halogens is 1. The van der Waals surface area contributed by atoms with Gasteiger partial charge in [0.15, 0.2) is 0 Å². The molecule has 2 saturated carbocycles. The van der Waals surface area contributed by atoms with E-state index >= 15 is 0 Å². The van der Waals surface area contributed by atoms with E-state index in [0.29, 0.717) is 11.4 Å². The maximum absolute atomic E-state index is 12.3. The number of carbonyl (C=O) groups is 2. The molecule has 21 heavy (non-hydrogen) atoms. The van der Waals surface area contributed by atoms with Gasteiger partial charge in [-0.3, -0.25) is 9.59 Å². The molecule has 1 aromatic rings. The zero-order valence-electron chi connectivity index (χ0n) is 11.6. The third kappa shape index (κ3) is 3.05. The van der Waals surface area contributed by atoms with Crippen molar-refractivity contribution < 1.29 is 14.7 Å². The summed E-state index contributed by atoms with van der Waals surface area (Å²) in [6.07, 6.45) is 3.10. The Labute approximate surface area is 128 Å². The third-order valence-corrected chi connectivity index (χ3v) is 4.80. The number of aliphatic carboxylic acids is 1. The van der Waals surface area contributed by atoms with Crippen LogP contribution in [0.4, 0.5) is 0 Å². The third-order valence-electron chi connectivity index (χ3n) is 4.56. The lowest BCUT2D eigenvalue weighted by molar-refractivity contribution is -0.142. The molecule has 4 atom stereocenters. The van der Waals surface area contributed by atoms with Gasteiger partial charge in [-0.1, -0.05) is 30.2 Å². The Morgan fingerprint density at radius 1 is 1.24 bits per heavy atom. The molecule has 5 heteroatoms. The molecule has 4 nitrogen and oxygen atoms in total. The van der Waals surface area contributed by atoms with Gasteiger partial charge in [-0.2, -0.15) is 0 Å². The van der Waals surface area contributed by atoms with Gasteiger partial charge in [0.05, 0.1) is 5.92 Å². The summed E-state index contributed by atoms with van der Waals surface area (Å²) in [5, 5.41) is 12.8. The van der Waals surface area contributed by atoms with Crippen LogP contribution in [-0.4, -0.2) is 23.0 Å². The van der Waals surface area contributed by atoms with Crippen molar-refractivity contribution in [2.24, 2.45) is 11.8 Å². The zero-order chi connectivity index (χ0) is 15.0. The Bertz CT molecular complexity index is 574. The summed E-state index contributed by atoms with van der Waals surface area (Å²) < 4.78 is 0. The highest BCUT2D eigenvalue weighted by atomic mass is 35.5. The van der Waals surface area contributed by atoms with E-state index in [1.54, 1.807) is 0 Å². The smallest absolute Gasteiger partial charge is 0.308 e. The molecule has 0 radical (unpaired) electrons. The van der Waals surface area contributed by atoms with Crippen LogP contribution >= 0.6 is 11.6 Å². The van der Waals surface area contributed by atoms with E-state index in [9.17, 15) is 9.59 Å². The summed E-state index contributed by atoms with van der Waals surface area (Å²) in [5.41, 5.74) is 1.09. The highest BCUT2D eigenvalue weighted by Crippen LogP contribution is 2.48. The van der Waals surface area contributed by atoms with Gasteiger partial charge in [-0.25, -0.2) is 0 Å². The summed E-state index contributed by atoms with van der Waals surface area (Å²) in [7, 11) is 0. The second-order valence-electron chi connectivity index (χ2n) is 5.99. The van der Waals surface area contributed by atoms with Gasteiger partial charge in [0.1, 0.15) is 0 Å². The van der Waals surface area contributed by atoms with Crippen molar-refractivity contribution in [3.05, 3.63) is 34.9 Å². The van der Waals surface area contributed by atoms with E-state index in [-0.39, 0.29) is 23.8 Å². The summed E-state index contributed by atoms with van der Waals surface area (Å²) in [6, 6.07) is 7.38. The standard InChI is InChI=1S/C16H18ClNO3/c17-10-4-1-3-9(7-10)12-8-13(12)15(19)18-14-6-2-5-11(14)16(20)21/h1,3-4,7,11-14H,2,5-6,8H2,(H,18,19)(H,20,21)/t11-,12-,13-,14+/m1/s1. The second kappa shape index (κ2) is 5.68. The van der Waals surface area contributed by atoms with Gasteiger partial charge in [-0.15, -0.1) is 0 Å². The second-order valence-corrected chi connectivity index (χ2v) is 6.43. The van der Waals surface area contributed by atoms with Crippen molar-refractivity contribution in [2.75, 3.05) is 0 Å². The molecule has 2 aliphatic carbocycles. The van der Waals surface area contributed by atoms with E-state index in [1.165, 1.54) is 0 Å². The van der Waals surface area contributed by atoms with Crippen molar-refractivity contribution in [3.63, 3.8) is 0 Å². The molecule has 112 valence electrons. The van der Waals surface area contributed by atoms with E-state index in [1.807, 2.05) is 24.3 Å². The molecular formula is C16H18ClNO3. The van der Waals surface area contributed by atoms with Crippen LogP contribution in [0.5, 0.6) is 0 Å². The number of hydrogen-bond acceptors (Lipinski definition) is 2. The Balaban J connectivity index is 1.59. The van der Waals surface area contributed by atoms with E-state index in [2.05, 4.69) is 5.32 Å². The number of rotatable bonds is 4. The van der Waals surface area contributed by atoms with Crippen molar-refractivity contribution in [2.45, 2.75) is 37.6 Å². The van der Waals surface area contributed by atoms with Crippen LogP contribution in [0.3, 0.4) is 0 Å². The van der Waals surface area contributed by atoms with Gasteiger partial charge in [0, 0.05) is 17.0 Å². The fraction of sp³-hybridized carbons (Fsp3) is 0.500. The minimum absolute atomic E-state index is 0.0156.